The molecule has 9 heteroatoms. The summed E-state index contributed by atoms with van der Waals surface area (Å²) in [7, 11) is 0. The number of nitrogens with one attached hydrogen (secondary N) is 2. The number of nitrogen functional groups attached to an aromatic ring is 1. The number of nitrogens with two attached hydrogens (primary N) is 1. The van der Waals surface area contributed by atoms with Crippen molar-refractivity contribution < 1.29 is 5.11 Å². The molecule has 0 amide bonds. The number of nitrogens with zero attached hydrogens (tertiary/aromatic N) is 5. The number of rotatable bonds is 7. The third-order valence-corrected chi connectivity index (χ3v) is 3.02. The molecule has 114 valence electrons. The Hall–Kier alpha value is -2.26. The Kier molecular flexibility index (Phi) is 5.01. The van der Waals surface area contributed by atoms with Gasteiger partial charge in [0.15, 0.2) is 0 Å². The minimum Gasteiger partial charge on any atom is -0.396 e. The summed E-state index contributed by atoms with van der Waals surface area (Å²) < 4.78 is 1.52. The maximum Gasteiger partial charge on any atom is 0.257 e. The molecule has 0 aromatic carbocycles. The van der Waals surface area contributed by atoms with Crippen molar-refractivity contribution in [3.63, 3.8) is 0 Å². The predicted molar refractivity (Wildman–Crippen MR) is 78.7 cm³/mol. The van der Waals surface area contributed by atoms with Crippen molar-refractivity contribution in [1.29, 1.82) is 0 Å². The van der Waals surface area contributed by atoms with Crippen LogP contribution < -0.4 is 16.6 Å². The van der Waals surface area contributed by atoms with Gasteiger partial charge in [0.25, 0.3) is 5.95 Å². The second-order valence-electron chi connectivity index (χ2n) is 4.88. The molecular weight excluding hydrogens is 272 g/mol. The molecule has 0 radical (unpaired) electrons. The van der Waals surface area contributed by atoms with E-state index in [2.05, 4.69) is 44.6 Å². The van der Waals surface area contributed by atoms with Crippen LogP contribution in [0.1, 0.15) is 20.3 Å². The Bertz CT molecular complexity index is 556. The van der Waals surface area contributed by atoms with E-state index in [1.807, 2.05) is 0 Å². The van der Waals surface area contributed by atoms with Crippen LogP contribution in [0.25, 0.3) is 5.95 Å². The molecule has 0 saturated carbocycles. The summed E-state index contributed by atoms with van der Waals surface area (Å²) in [6, 6.07) is 1.82. The van der Waals surface area contributed by atoms with Crippen LogP contribution in [0.4, 0.5) is 11.9 Å². The lowest BCUT2D eigenvalue weighted by molar-refractivity contribution is 0.267. The summed E-state index contributed by atoms with van der Waals surface area (Å²) >= 11 is 0. The lowest BCUT2D eigenvalue weighted by Gasteiger charge is -2.21. The average molecular weight is 292 g/mol. The minimum absolute atomic E-state index is 0.0495. The zero-order valence-electron chi connectivity index (χ0n) is 12.1. The Morgan fingerprint density at radius 2 is 2.05 bits per heavy atom. The molecule has 0 bridgehead atoms. The van der Waals surface area contributed by atoms with Crippen LogP contribution in [0.2, 0.25) is 0 Å². The van der Waals surface area contributed by atoms with E-state index in [0.717, 1.165) is 0 Å². The molecule has 0 aliphatic rings. The molecule has 2 rings (SSSR count). The average Bonchev–Trinajstić information content (AvgIpc) is 3.00. The summed E-state index contributed by atoms with van der Waals surface area (Å²) in [5, 5.41) is 16.4. The fourth-order valence-electron chi connectivity index (χ4n) is 1.86. The summed E-state index contributed by atoms with van der Waals surface area (Å²) in [6.45, 7) is 4.21. The third kappa shape index (κ3) is 3.86. The van der Waals surface area contributed by atoms with Crippen molar-refractivity contribution in [2.24, 2.45) is 11.8 Å². The van der Waals surface area contributed by atoms with E-state index in [1.165, 1.54) is 4.68 Å². The summed E-state index contributed by atoms with van der Waals surface area (Å²) in [6.07, 6.45) is 3.97. The van der Waals surface area contributed by atoms with E-state index in [0.29, 0.717) is 24.2 Å². The lowest BCUT2D eigenvalue weighted by Crippen LogP contribution is -2.28. The molecule has 2 aromatic heterocycles. The van der Waals surface area contributed by atoms with Crippen molar-refractivity contribution in [2.75, 3.05) is 17.3 Å². The minimum atomic E-state index is 0.0495. The van der Waals surface area contributed by atoms with E-state index in [4.69, 9.17) is 10.9 Å². The first-order chi connectivity index (χ1) is 10.1. The van der Waals surface area contributed by atoms with Crippen molar-refractivity contribution in [2.45, 2.75) is 26.3 Å². The molecule has 0 saturated heterocycles. The molecule has 2 heterocycles. The number of hydrogen-bond acceptors (Lipinski definition) is 8. The van der Waals surface area contributed by atoms with Gasteiger partial charge in [-0.1, -0.05) is 13.8 Å². The molecule has 1 unspecified atom stereocenters. The maximum atomic E-state index is 9.13. The van der Waals surface area contributed by atoms with Gasteiger partial charge in [-0.05, 0) is 18.4 Å². The Morgan fingerprint density at radius 1 is 1.29 bits per heavy atom. The van der Waals surface area contributed by atoms with Gasteiger partial charge in [-0.2, -0.15) is 20.1 Å². The normalized spacial score (nSPS) is 12.4. The fraction of sp³-hybridized carbons (Fsp3) is 0.500. The number of aromatic nitrogens is 5. The van der Waals surface area contributed by atoms with Crippen LogP contribution in [0, 0.1) is 5.92 Å². The van der Waals surface area contributed by atoms with Crippen molar-refractivity contribution >= 4 is 11.9 Å². The highest BCUT2D eigenvalue weighted by atomic mass is 16.3. The van der Waals surface area contributed by atoms with E-state index in [-0.39, 0.29) is 18.6 Å². The molecule has 9 nitrogen and oxygen atoms in total. The van der Waals surface area contributed by atoms with Crippen molar-refractivity contribution in [3.8, 4) is 5.95 Å². The van der Waals surface area contributed by atoms with Crippen LogP contribution in [0.3, 0.4) is 0 Å². The maximum absolute atomic E-state index is 9.13. The number of aliphatic hydroxyl groups excluding tert-OH is 1. The zero-order valence-corrected chi connectivity index (χ0v) is 12.1. The first-order valence-electron chi connectivity index (χ1n) is 6.74. The van der Waals surface area contributed by atoms with Gasteiger partial charge >= 0.3 is 0 Å². The first-order valence-corrected chi connectivity index (χ1v) is 6.74. The molecule has 0 spiro atoms. The van der Waals surface area contributed by atoms with Crippen LogP contribution in [0.15, 0.2) is 18.5 Å². The highest BCUT2D eigenvalue weighted by Gasteiger charge is 2.16. The largest absolute Gasteiger partial charge is 0.396 e. The molecule has 5 N–H and O–H groups in total. The van der Waals surface area contributed by atoms with Gasteiger partial charge in [0.05, 0.1) is 0 Å². The molecule has 1 atom stereocenters. The van der Waals surface area contributed by atoms with Gasteiger partial charge in [-0.15, -0.1) is 0 Å². The molecule has 0 aliphatic carbocycles. The first kappa shape index (κ1) is 15.1. The van der Waals surface area contributed by atoms with Crippen LogP contribution >= 0.6 is 0 Å². The third-order valence-electron chi connectivity index (χ3n) is 3.02. The molecule has 21 heavy (non-hydrogen) atoms. The second-order valence-corrected chi connectivity index (χ2v) is 4.88. The van der Waals surface area contributed by atoms with Crippen LogP contribution in [-0.2, 0) is 0 Å². The van der Waals surface area contributed by atoms with Gasteiger partial charge < -0.3 is 10.4 Å². The highest BCUT2D eigenvalue weighted by molar-refractivity contribution is 5.37. The van der Waals surface area contributed by atoms with Gasteiger partial charge in [-0.3, -0.25) is 5.43 Å². The lowest BCUT2D eigenvalue weighted by atomic mass is 10.0. The molecule has 0 fully saturated rings. The predicted octanol–water partition coefficient (Wildman–Crippen LogP) is 0.162. The molecule has 2 aromatic rings. The Labute approximate surface area is 122 Å². The van der Waals surface area contributed by atoms with Crippen LogP contribution in [0.5, 0.6) is 0 Å². The van der Waals surface area contributed by atoms with E-state index < -0.39 is 0 Å². The van der Waals surface area contributed by atoms with Crippen molar-refractivity contribution in [1.82, 2.24) is 24.7 Å². The van der Waals surface area contributed by atoms with Gasteiger partial charge in [0.2, 0.25) is 11.9 Å². The summed E-state index contributed by atoms with van der Waals surface area (Å²) in [5.74, 6) is 6.69. The smallest absolute Gasteiger partial charge is 0.257 e. The highest BCUT2D eigenvalue weighted by Crippen LogP contribution is 2.14. The van der Waals surface area contributed by atoms with Crippen molar-refractivity contribution in [3.05, 3.63) is 18.5 Å². The number of hydrazine groups is 1. The summed E-state index contributed by atoms with van der Waals surface area (Å²) in [5.41, 5.74) is 2.41. The number of hydrogen-bond donors (Lipinski definition) is 4. The van der Waals surface area contributed by atoms with Gasteiger partial charge in [-0.25, -0.2) is 10.5 Å². The van der Waals surface area contributed by atoms with E-state index in [1.54, 1.807) is 18.5 Å². The summed E-state index contributed by atoms with van der Waals surface area (Å²) in [4.78, 5) is 12.6. The zero-order chi connectivity index (χ0) is 15.2. The van der Waals surface area contributed by atoms with Gasteiger partial charge in [0.1, 0.15) is 0 Å². The Balaban J connectivity index is 2.28. The standard InChI is InChI=1S/C12H20N8O/c1-8(2)9(4-7-21)15-10-16-11(19-13)18-12(17-10)20-6-3-5-14-20/h3,5-6,8-9,21H,4,7,13H2,1-2H3,(H2,15,16,17,18,19). The monoisotopic (exact) mass is 292 g/mol. The Morgan fingerprint density at radius 3 is 2.62 bits per heavy atom. The molecular formula is C12H20N8O. The van der Waals surface area contributed by atoms with Gasteiger partial charge in [0, 0.05) is 25.0 Å². The van der Waals surface area contributed by atoms with E-state index in [9.17, 15) is 0 Å². The van der Waals surface area contributed by atoms with E-state index >= 15 is 0 Å². The number of aliphatic hydroxyl groups is 1. The quantitative estimate of drug-likeness (QED) is 0.420. The SMILES string of the molecule is CC(C)C(CCO)Nc1nc(NN)nc(-n2cccn2)n1. The topological polar surface area (TPSA) is 127 Å². The number of anilines is 2. The molecule has 0 aliphatic heterocycles. The van der Waals surface area contributed by atoms with Crippen LogP contribution in [-0.4, -0.2) is 42.5 Å². The fourth-order valence-corrected chi connectivity index (χ4v) is 1.86. The second kappa shape index (κ2) is 6.95.